The summed E-state index contributed by atoms with van der Waals surface area (Å²) in [7, 11) is 0. The van der Waals surface area contributed by atoms with Gasteiger partial charge in [-0.15, -0.1) is 0 Å². The first-order chi connectivity index (χ1) is 12.6. The minimum Gasteiger partial charge on any atom is -0.506 e. The molecule has 136 valence electrons. The van der Waals surface area contributed by atoms with E-state index in [0.29, 0.717) is 18.2 Å². The summed E-state index contributed by atoms with van der Waals surface area (Å²) in [5.74, 6) is -0.274. The molecule has 26 heavy (non-hydrogen) atoms. The van der Waals surface area contributed by atoms with Crippen LogP contribution >= 0.6 is 11.6 Å². The lowest BCUT2D eigenvalue weighted by Gasteiger charge is -2.35. The van der Waals surface area contributed by atoms with Crippen LogP contribution in [0.2, 0.25) is 5.02 Å². The van der Waals surface area contributed by atoms with Crippen LogP contribution in [0, 0.1) is 0 Å². The Kier molecular flexibility index (Phi) is 4.85. The highest BCUT2D eigenvalue weighted by Gasteiger charge is 2.38. The van der Waals surface area contributed by atoms with Crippen LogP contribution in [-0.2, 0) is 4.74 Å². The molecule has 2 aromatic carbocycles. The van der Waals surface area contributed by atoms with Crippen molar-refractivity contribution >= 4 is 17.5 Å². The lowest BCUT2D eigenvalue weighted by Crippen LogP contribution is -2.43. The number of hydrogen-bond donors (Lipinski definition) is 2. The molecule has 2 aromatic rings. The van der Waals surface area contributed by atoms with E-state index in [1.165, 1.54) is 17.7 Å². The molecule has 3 atom stereocenters. The maximum Gasteiger partial charge on any atom is 0.251 e. The summed E-state index contributed by atoms with van der Waals surface area (Å²) in [5, 5.41) is 13.0. The van der Waals surface area contributed by atoms with Crippen molar-refractivity contribution in [3.05, 3.63) is 64.7 Å². The molecule has 2 N–H and O–H groups in total. The quantitative estimate of drug-likeness (QED) is 0.869. The first-order valence-electron chi connectivity index (χ1n) is 8.80. The number of hydrogen-bond acceptors (Lipinski definition) is 4. The van der Waals surface area contributed by atoms with E-state index in [4.69, 9.17) is 16.3 Å². The van der Waals surface area contributed by atoms with Crippen molar-refractivity contribution in [2.45, 2.75) is 24.6 Å². The number of amides is 1. The van der Waals surface area contributed by atoms with Crippen molar-refractivity contribution < 1.29 is 14.6 Å². The molecule has 4 rings (SSSR count). The third-order valence-corrected chi connectivity index (χ3v) is 5.45. The number of fused-ring (bicyclic) bond motifs is 1. The number of benzene rings is 2. The normalized spacial score (nSPS) is 25.7. The fraction of sp³-hybridized carbons (Fsp3) is 0.350. The summed E-state index contributed by atoms with van der Waals surface area (Å²) in [6.07, 6.45) is 0.947. The van der Waals surface area contributed by atoms with Gasteiger partial charge in [-0.05, 0) is 30.2 Å². The Morgan fingerprint density at radius 1 is 1.19 bits per heavy atom. The van der Waals surface area contributed by atoms with Crippen LogP contribution in [0.25, 0.3) is 0 Å². The Hall–Kier alpha value is -2.08. The van der Waals surface area contributed by atoms with Gasteiger partial charge in [0, 0.05) is 30.7 Å². The number of morpholine rings is 1. The number of phenols is 1. The van der Waals surface area contributed by atoms with E-state index in [2.05, 4.69) is 22.3 Å². The smallest absolute Gasteiger partial charge is 0.251 e. The molecule has 2 saturated heterocycles. The average Bonchev–Trinajstić information content (AvgIpc) is 3.06. The first kappa shape index (κ1) is 17.3. The summed E-state index contributed by atoms with van der Waals surface area (Å²) in [6, 6.07) is 15.2. The van der Waals surface area contributed by atoms with Crippen molar-refractivity contribution in [2.75, 3.05) is 19.7 Å². The van der Waals surface area contributed by atoms with Crippen molar-refractivity contribution in [2.24, 2.45) is 0 Å². The minimum atomic E-state index is -0.192. The van der Waals surface area contributed by atoms with Crippen molar-refractivity contribution in [1.29, 1.82) is 0 Å². The molecule has 2 aliphatic heterocycles. The minimum absolute atomic E-state index is 0.0726. The third-order valence-electron chi connectivity index (χ3n) is 5.13. The summed E-state index contributed by atoms with van der Waals surface area (Å²) in [4.78, 5) is 14.8. The number of aromatic hydroxyl groups is 1. The van der Waals surface area contributed by atoms with Crippen LogP contribution in [0.15, 0.2) is 48.5 Å². The number of nitrogens with one attached hydrogen (secondary N) is 1. The monoisotopic (exact) mass is 372 g/mol. The second-order valence-corrected chi connectivity index (χ2v) is 7.32. The van der Waals surface area contributed by atoms with Crippen molar-refractivity contribution in [1.82, 2.24) is 10.2 Å². The Labute approximate surface area is 157 Å². The summed E-state index contributed by atoms with van der Waals surface area (Å²) in [6.45, 7) is 2.32. The predicted octanol–water partition coefficient (Wildman–Crippen LogP) is 2.99. The number of ether oxygens (including phenoxy) is 1. The SMILES string of the molecule is O=C(N[C@@H]1C[C@H]2CO[C@@H](c3ccccc3)CN2C1)c1ccc(Cl)c(O)c1. The topological polar surface area (TPSA) is 61.8 Å². The number of phenolic OH excluding ortho intramolecular Hbond substituents is 1. The van der Waals surface area contributed by atoms with Crippen LogP contribution in [0.4, 0.5) is 0 Å². The summed E-state index contributed by atoms with van der Waals surface area (Å²) in [5.41, 5.74) is 1.60. The van der Waals surface area contributed by atoms with Gasteiger partial charge in [0.25, 0.3) is 5.91 Å². The molecule has 6 heteroatoms. The Balaban J connectivity index is 1.37. The van der Waals surface area contributed by atoms with Crippen molar-refractivity contribution in [3.8, 4) is 5.75 Å². The molecule has 0 aliphatic carbocycles. The van der Waals surface area contributed by atoms with Gasteiger partial charge >= 0.3 is 0 Å². The molecule has 0 bridgehead atoms. The van der Waals surface area contributed by atoms with E-state index < -0.39 is 0 Å². The van der Waals surface area contributed by atoms with Gasteiger partial charge in [-0.1, -0.05) is 41.9 Å². The number of carbonyl (C=O) groups excluding carboxylic acids is 1. The fourth-order valence-electron chi connectivity index (χ4n) is 3.77. The number of halogens is 1. The van der Waals surface area contributed by atoms with Gasteiger partial charge in [-0.3, -0.25) is 9.69 Å². The third kappa shape index (κ3) is 3.56. The Morgan fingerprint density at radius 3 is 2.77 bits per heavy atom. The Morgan fingerprint density at radius 2 is 2.00 bits per heavy atom. The van der Waals surface area contributed by atoms with Crippen LogP contribution in [0.3, 0.4) is 0 Å². The molecule has 2 fully saturated rings. The van der Waals surface area contributed by atoms with Gasteiger partial charge in [0.1, 0.15) is 5.75 Å². The molecule has 0 unspecified atom stereocenters. The largest absolute Gasteiger partial charge is 0.506 e. The number of carbonyl (C=O) groups is 1. The molecule has 5 nitrogen and oxygen atoms in total. The van der Waals surface area contributed by atoms with Gasteiger partial charge in [0.05, 0.1) is 17.7 Å². The zero-order valence-electron chi connectivity index (χ0n) is 14.3. The van der Waals surface area contributed by atoms with Gasteiger partial charge < -0.3 is 15.2 Å². The molecule has 0 saturated carbocycles. The number of rotatable bonds is 3. The van der Waals surface area contributed by atoms with E-state index in [-0.39, 0.29) is 28.8 Å². The van der Waals surface area contributed by atoms with Crippen molar-refractivity contribution in [3.63, 3.8) is 0 Å². The molecular formula is C20H21ClN2O3. The van der Waals surface area contributed by atoms with E-state index in [9.17, 15) is 9.90 Å². The fourth-order valence-corrected chi connectivity index (χ4v) is 3.89. The molecule has 2 aliphatic rings. The highest BCUT2D eigenvalue weighted by molar-refractivity contribution is 6.32. The van der Waals surface area contributed by atoms with E-state index in [0.717, 1.165) is 19.5 Å². The lowest BCUT2D eigenvalue weighted by atomic mass is 10.1. The molecule has 0 aromatic heterocycles. The van der Waals surface area contributed by atoms with E-state index in [1.807, 2.05) is 18.2 Å². The van der Waals surface area contributed by atoms with Gasteiger partial charge in [-0.2, -0.15) is 0 Å². The van der Waals surface area contributed by atoms with Gasteiger partial charge in [0.2, 0.25) is 0 Å². The maximum atomic E-state index is 12.4. The van der Waals surface area contributed by atoms with E-state index in [1.54, 1.807) is 6.07 Å². The molecule has 1 amide bonds. The molecule has 2 heterocycles. The highest BCUT2D eigenvalue weighted by Crippen LogP contribution is 2.30. The number of nitrogens with zero attached hydrogens (tertiary/aromatic N) is 1. The molecule has 0 spiro atoms. The zero-order valence-corrected chi connectivity index (χ0v) is 15.0. The second-order valence-electron chi connectivity index (χ2n) is 6.91. The molecule has 0 radical (unpaired) electrons. The van der Waals surface area contributed by atoms with E-state index >= 15 is 0 Å². The summed E-state index contributed by atoms with van der Waals surface area (Å²) < 4.78 is 6.04. The lowest BCUT2D eigenvalue weighted by molar-refractivity contribution is -0.0502. The Bertz CT molecular complexity index is 799. The molecular weight excluding hydrogens is 352 g/mol. The standard InChI is InChI=1S/C20H21ClN2O3/c21-17-7-6-14(8-18(17)24)20(25)22-15-9-16-12-26-19(11-23(16)10-15)13-4-2-1-3-5-13/h1-8,15-16,19,24H,9-12H2,(H,22,25)/t15-,16+,19-/m1/s1. The van der Waals surface area contributed by atoms with Crippen LogP contribution in [0.5, 0.6) is 5.75 Å². The summed E-state index contributed by atoms with van der Waals surface area (Å²) >= 11 is 5.80. The van der Waals surface area contributed by atoms with Crippen LogP contribution in [-0.4, -0.2) is 47.7 Å². The average molecular weight is 373 g/mol. The van der Waals surface area contributed by atoms with Gasteiger partial charge in [-0.25, -0.2) is 0 Å². The van der Waals surface area contributed by atoms with Gasteiger partial charge in [0.15, 0.2) is 0 Å². The second kappa shape index (κ2) is 7.27. The first-order valence-corrected chi connectivity index (χ1v) is 9.18. The predicted molar refractivity (Wildman–Crippen MR) is 99.5 cm³/mol. The van der Waals surface area contributed by atoms with Crippen LogP contribution < -0.4 is 5.32 Å². The maximum absolute atomic E-state index is 12.4. The highest BCUT2D eigenvalue weighted by atomic mass is 35.5. The zero-order chi connectivity index (χ0) is 18.1. The van der Waals surface area contributed by atoms with Crippen LogP contribution in [0.1, 0.15) is 28.4 Å².